The molecule has 0 saturated carbocycles. The van der Waals surface area contributed by atoms with Gasteiger partial charge >= 0.3 is 0 Å². The lowest BCUT2D eigenvalue weighted by Crippen LogP contribution is -1.89. The highest BCUT2D eigenvalue weighted by molar-refractivity contribution is 7.99. The van der Waals surface area contributed by atoms with Crippen molar-refractivity contribution in [1.82, 2.24) is 9.97 Å². The van der Waals surface area contributed by atoms with Crippen molar-refractivity contribution in [3.63, 3.8) is 0 Å². The lowest BCUT2D eigenvalue weighted by Gasteiger charge is -2.04. The van der Waals surface area contributed by atoms with Gasteiger partial charge in [-0.05, 0) is 19.1 Å². The summed E-state index contributed by atoms with van der Waals surface area (Å²) >= 11 is 7.51. The highest BCUT2D eigenvalue weighted by atomic mass is 35.5. The van der Waals surface area contributed by atoms with E-state index in [1.807, 2.05) is 37.3 Å². The molecule has 0 N–H and O–H groups in total. The molecule has 0 amide bonds. The van der Waals surface area contributed by atoms with Crippen molar-refractivity contribution in [2.24, 2.45) is 0 Å². The molecule has 1 aromatic carbocycles. The molecule has 2 aromatic rings. The number of rotatable bonds is 2. The Balaban J connectivity index is 2.29. The predicted molar refractivity (Wildman–Crippen MR) is 62.3 cm³/mol. The molecule has 0 aliphatic rings. The fourth-order valence-electron chi connectivity index (χ4n) is 1.12. The van der Waals surface area contributed by atoms with Crippen molar-refractivity contribution in [2.75, 3.05) is 0 Å². The largest absolute Gasteiger partial charge is 0.229 e. The molecule has 4 heteroatoms. The molecule has 1 aromatic heterocycles. The van der Waals surface area contributed by atoms with E-state index in [0.717, 1.165) is 15.5 Å². The maximum Gasteiger partial charge on any atom is 0.136 e. The summed E-state index contributed by atoms with van der Waals surface area (Å²) in [5.74, 6) is 0. The van der Waals surface area contributed by atoms with Crippen molar-refractivity contribution in [2.45, 2.75) is 16.8 Å². The molecule has 15 heavy (non-hydrogen) atoms. The first-order chi connectivity index (χ1) is 7.27. The second kappa shape index (κ2) is 4.64. The number of hydrogen-bond acceptors (Lipinski definition) is 3. The maximum absolute atomic E-state index is 5.92. The Morgan fingerprint density at radius 3 is 2.60 bits per heavy atom. The summed E-state index contributed by atoms with van der Waals surface area (Å²) in [5, 5.41) is 1.42. The average Bonchev–Trinajstić information content (AvgIpc) is 2.26. The SMILES string of the molecule is Cc1c(Cl)ncnc1Sc1ccccc1. The Kier molecular flexibility index (Phi) is 3.23. The Morgan fingerprint density at radius 1 is 1.13 bits per heavy atom. The van der Waals surface area contributed by atoms with Gasteiger partial charge in [-0.1, -0.05) is 41.6 Å². The van der Waals surface area contributed by atoms with Crippen LogP contribution in [0.1, 0.15) is 5.56 Å². The van der Waals surface area contributed by atoms with Crippen molar-refractivity contribution >= 4 is 23.4 Å². The highest BCUT2D eigenvalue weighted by Crippen LogP contribution is 2.29. The summed E-state index contributed by atoms with van der Waals surface area (Å²) < 4.78 is 0. The molecule has 0 bridgehead atoms. The fraction of sp³-hybridized carbons (Fsp3) is 0.0909. The third-order valence-corrected chi connectivity index (χ3v) is 3.43. The van der Waals surface area contributed by atoms with Crippen LogP contribution in [0, 0.1) is 6.92 Å². The van der Waals surface area contributed by atoms with Gasteiger partial charge in [-0.2, -0.15) is 0 Å². The molecule has 0 radical (unpaired) electrons. The third-order valence-electron chi connectivity index (χ3n) is 1.93. The normalized spacial score (nSPS) is 10.3. The minimum atomic E-state index is 0.517. The summed E-state index contributed by atoms with van der Waals surface area (Å²) in [6.07, 6.45) is 1.49. The molecule has 1 heterocycles. The Bertz CT molecular complexity index is 459. The minimum Gasteiger partial charge on any atom is -0.229 e. The van der Waals surface area contributed by atoms with Gasteiger partial charge in [-0.15, -0.1) is 0 Å². The first kappa shape index (κ1) is 10.5. The zero-order valence-corrected chi connectivity index (χ0v) is 9.72. The molecule has 2 nitrogen and oxygen atoms in total. The summed E-state index contributed by atoms with van der Waals surface area (Å²) in [4.78, 5) is 9.27. The number of halogens is 1. The molecule has 0 saturated heterocycles. The van der Waals surface area contributed by atoms with Gasteiger partial charge in [0.2, 0.25) is 0 Å². The van der Waals surface area contributed by atoms with Crippen LogP contribution in [0.5, 0.6) is 0 Å². The standard InChI is InChI=1S/C11H9ClN2S/c1-8-10(12)13-7-14-11(8)15-9-5-3-2-4-6-9/h2-7H,1H3. The smallest absolute Gasteiger partial charge is 0.136 e. The van der Waals surface area contributed by atoms with Crippen molar-refractivity contribution in [3.05, 3.63) is 47.4 Å². The van der Waals surface area contributed by atoms with Crippen LogP contribution in [0.4, 0.5) is 0 Å². The lowest BCUT2D eigenvalue weighted by molar-refractivity contribution is 1.00. The molecular formula is C11H9ClN2S. The van der Waals surface area contributed by atoms with Gasteiger partial charge < -0.3 is 0 Å². The van der Waals surface area contributed by atoms with Crippen LogP contribution in [0.15, 0.2) is 46.6 Å². The average molecular weight is 237 g/mol. The van der Waals surface area contributed by atoms with Crippen LogP contribution in [0.25, 0.3) is 0 Å². The first-order valence-electron chi connectivity index (χ1n) is 4.47. The van der Waals surface area contributed by atoms with Gasteiger partial charge in [0.25, 0.3) is 0 Å². The first-order valence-corrected chi connectivity index (χ1v) is 5.67. The van der Waals surface area contributed by atoms with Crippen molar-refractivity contribution in [3.8, 4) is 0 Å². The second-order valence-electron chi connectivity index (χ2n) is 3.01. The van der Waals surface area contributed by atoms with Gasteiger partial charge in [0.1, 0.15) is 16.5 Å². The minimum absolute atomic E-state index is 0.517. The van der Waals surface area contributed by atoms with E-state index in [9.17, 15) is 0 Å². The van der Waals surface area contributed by atoms with Gasteiger partial charge in [0.05, 0.1) is 0 Å². The highest BCUT2D eigenvalue weighted by Gasteiger charge is 2.05. The van der Waals surface area contributed by atoms with Crippen LogP contribution >= 0.6 is 23.4 Å². The quantitative estimate of drug-likeness (QED) is 0.746. The van der Waals surface area contributed by atoms with Gasteiger partial charge in [0, 0.05) is 10.5 Å². The zero-order chi connectivity index (χ0) is 10.7. The van der Waals surface area contributed by atoms with E-state index in [1.54, 1.807) is 11.8 Å². The van der Waals surface area contributed by atoms with E-state index < -0.39 is 0 Å². The molecule has 2 rings (SSSR count). The van der Waals surface area contributed by atoms with Crippen LogP contribution in [-0.2, 0) is 0 Å². The Labute approximate surface area is 97.7 Å². The van der Waals surface area contributed by atoms with Gasteiger partial charge in [-0.25, -0.2) is 9.97 Å². The monoisotopic (exact) mass is 236 g/mol. The molecular weight excluding hydrogens is 228 g/mol. The van der Waals surface area contributed by atoms with E-state index in [2.05, 4.69) is 9.97 Å². The summed E-state index contributed by atoms with van der Waals surface area (Å²) in [7, 11) is 0. The summed E-state index contributed by atoms with van der Waals surface area (Å²) in [5.41, 5.74) is 0.924. The molecule has 0 spiro atoms. The van der Waals surface area contributed by atoms with Crippen molar-refractivity contribution < 1.29 is 0 Å². The van der Waals surface area contributed by atoms with E-state index in [0.29, 0.717) is 5.15 Å². The molecule has 76 valence electrons. The maximum atomic E-state index is 5.92. The van der Waals surface area contributed by atoms with E-state index in [4.69, 9.17) is 11.6 Å². The van der Waals surface area contributed by atoms with Crippen LogP contribution < -0.4 is 0 Å². The number of benzene rings is 1. The topological polar surface area (TPSA) is 25.8 Å². The molecule has 0 aliphatic heterocycles. The number of nitrogens with zero attached hydrogens (tertiary/aromatic N) is 2. The van der Waals surface area contributed by atoms with E-state index >= 15 is 0 Å². The zero-order valence-electron chi connectivity index (χ0n) is 8.14. The lowest BCUT2D eigenvalue weighted by atomic mass is 10.4. The third kappa shape index (κ3) is 2.49. The van der Waals surface area contributed by atoms with Crippen LogP contribution in [-0.4, -0.2) is 9.97 Å². The Hall–Kier alpha value is -1.06. The second-order valence-corrected chi connectivity index (χ2v) is 4.43. The summed E-state index contributed by atoms with van der Waals surface area (Å²) in [6.45, 7) is 1.92. The van der Waals surface area contributed by atoms with Crippen LogP contribution in [0.3, 0.4) is 0 Å². The Morgan fingerprint density at radius 2 is 1.87 bits per heavy atom. The molecule has 0 fully saturated rings. The van der Waals surface area contributed by atoms with Crippen LogP contribution in [0.2, 0.25) is 5.15 Å². The van der Waals surface area contributed by atoms with E-state index in [1.165, 1.54) is 6.33 Å². The predicted octanol–water partition coefficient (Wildman–Crippen LogP) is 3.59. The molecule has 0 atom stereocenters. The van der Waals surface area contributed by atoms with Gasteiger partial charge in [-0.3, -0.25) is 0 Å². The van der Waals surface area contributed by atoms with Gasteiger partial charge in [0.15, 0.2) is 0 Å². The fourth-order valence-corrected chi connectivity index (χ4v) is 2.17. The number of aromatic nitrogens is 2. The molecule has 0 unspecified atom stereocenters. The molecule has 0 aliphatic carbocycles. The summed E-state index contributed by atoms with van der Waals surface area (Å²) in [6, 6.07) is 10.1. The van der Waals surface area contributed by atoms with Crippen molar-refractivity contribution in [1.29, 1.82) is 0 Å². The van der Waals surface area contributed by atoms with E-state index in [-0.39, 0.29) is 0 Å². The number of hydrogen-bond donors (Lipinski definition) is 0.